The van der Waals surface area contributed by atoms with Crippen LogP contribution < -0.4 is 15.5 Å². The number of benzene rings is 1. The number of carbonyl (C=O) groups is 1. The molecule has 2 atom stereocenters. The highest BCUT2D eigenvalue weighted by atomic mass is 19.4. The van der Waals surface area contributed by atoms with Gasteiger partial charge in [-0.05, 0) is 48.7 Å². The number of carbonyl (C=O) groups excluding carboxylic acids is 1. The van der Waals surface area contributed by atoms with Gasteiger partial charge in [0.1, 0.15) is 0 Å². The van der Waals surface area contributed by atoms with Crippen molar-refractivity contribution in [1.29, 1.82) is 0 Å². The summed E-state index contributed by atoms with van der Waals surface area (Å²) in [6.45, 7) is 1.52. The number of rotatable bonds is 6. The highest BCUT2D eigenvalue weighted by Gasteiger charge is 2.44. The normalized spacial score (nSPS) is 21.4. The van der Waals surface area contributed by atoms with E-state index in [1.165, 1.54) is 4.90 Å². The lowest BCUT2D eigenvalue weighted by atomic mass is 9.93. The van der Waals surface area contributed by atoms with Crippen LogP contribution in [0.4, 0.5) is 32.0 Å². The van der Waals surface area contributed by atoms with E-state index in [2.05, 4.69) is 10.6 Å². The smallest absolute Gasteiger partial charge is 0.387 e. The molecule has 39 heavy (non-hydrogen) atoms. The average Bonchev–Trinajstić information content (AvgIpc) is 2.92. The highest BCUT2D eigenvalue weighted by Crippen LogP contribution is 2.40. The van der Waals surface area contributed by atoms with Gasteiger partial charge in [0, 0.05) is 68.8 Å². The Kier molecular flexibility index (Phi) is 8.31. The molecule has 4 rings (SSSR count). The van der Waals surface area contributed by atoms with Gasteiger partial charge in [-0.15, -0.1) is 0 Å². The summed E-state index contributed by atoms with van der Waals surface area (Å²) in [6, 6.07) is 7.12. The number of nitrogens with zero attached hydrogens (tertiary/aromatic N) is 3. The van der Waals surface area contributed by atoms with Crippen LogP contribution in [0.5, 0.6) is 0 Å². The topological polar surface area (TPSA) is 71.1 Å². The minimum Gasteiger partial charge on any atom is -0.387 e. The van der Waals surface area contributed by atoms with Gasteiger partial charge in [0.25, 0.3) is 5.91 Å². The molecule has 2 unspecified atom stereocenters. The van der Waals surface area contributed by atoms with E-state index in [9.17, 15) is 36.2 Å². The van der Waals surface area contributed by atoms with E-state index < -0.39 is 36.6 Å². The molecule has 1 aliphatic carbocycles. The number of hydrogen-bond donors (Lipinski definition) is 3. The van der Waals surface area contributed by atoms with E-state index in [0.29, 0.717) is 11.6 Å². The molecule has 3 N–H and O–H groups in total. The highest BCUT2D eigenvalue weighted by molar-refractivity contribution is 5.94. The number of nitrogens with one attached hydrogen (secondary N) is 2. The second-order valence-electron chi connectivity index (χ2n) is 9.46. The van der Waals surface area contributed by atoms with Crippen molar-refractivity contribution in [2.24, 2.45) is 5.92 Å². The second kappa shape index (κ2) is 11.3. The van der Waals surface area contributed by atoms with E-state index in [-0.39, 0.29) is 43.9 Å². The summed E-state index contributed by atoms with van der Waals surface area (Å²) in [6.07, 6.45) is -5.48. The standard InChI is InChI=1S/C26H29F6N5O2/c1-35(22-6-8-33-9-7-22)21-4-2-17(3-5-21)23(38)36-10-12-37(13-11-36)24(39)34-20-15-18(25(27,28)29)14-19(16-20)26(30,31)32/h2-8,14-15,19,24,33-34,39H,9-13,16H2,1H3. The number of allylic oxidation sites excluding steroid dienone is 5. The zero-order chi connectivity index (χ0) is 28.4. The third-order valence-electron chi connectivity index (χ3n) is 6.85. The predicted octanol–water partition coefficient (Wildman–Crippen LogP) is 3.70. The quantitative estimate of drug-likeness (QED) is 0.366. The molecule has 0 radical (unpaired) electrons. The number of anilines is 1. The van der Waals surface area contributed by atoms with Gasteiger partial charge in [0.2, 0.25) is 0 Å². The van der Waals surface area contributed by atoms with Crippen molar-refractivity contribution in [3.05, 3.63) is 77.3 Å². The van der Waals surface area contributed by atoms with E-state index in [1.807, 2.05) is 42.4 Å². The molecule has 2 heterocycles. The summed E-state index contributed by atoms with van der Waals surface area (Å²) in [5.41, 5.74) is 0.615. The molecule has 2 aliphatic heterocycles. The summed E-state index contributed by atoms with van der Waals surface area (Å²) >= 11 is 0. The monoisotopic (exact) mass is 557 g/mol. The van der Waals surface area contributed by atoms with Gasteiger partial charge >= 0.3 is 12.4 Å². The molecular weight excluding hydrogens is 528 g/mol. The van der Waals surface area contributed by atoms with E-state index in [4.69, 9.17) is 0 Å². The van der Waals surface area contributed by atoms with E-state index >= 15 is 0 Å². The van der Waals surface area contributed by atoms with Crippen LogP contribution in [0, 0.1) is 5.92 Å². The lowest BCUT2D eigenvalue weighted by Gasteiger charge is -2.38. The number of likely N-dealkylation sites (N-methyl/N-ethyl adjacent to an activating group) is 1. The molecule has 1 amide bonds. The molecular formula is C26H29F6N5O2. The first-order chi connectivity index (χ1) is 18.3. The van der Waals surface area contributed by atoms with Crippen molar-refractivity contribution < 1.29 is 36.2 Å². The maximum absolute atomic E-state index is 13.2. The Hall–Kier alpha value is -3.45. The fourth-order valence-electron chi connectivity index (χ4n) is 4.57. The van der Waals surface area contributed by atoms with Crippen molar-refractivity contribution in [1.82, 2.24) is 20.4 Å². The van der Waals surface area contributed by atoms with Gasteiger partial charge in [-0.1, -0.05) is 6.08 Å². The number of hydrogen-bond acceptors (Lipinski definition) is 6. The van der Waals surface area contributed by atoms with Crippen molar-refractivity contribution in [2.75, 3.05) is 44.7 Å². The summed E-state index contributed by atoms with van der Waals surface area (Å²) in [5.74, 6) is -2.53. The molecule has 3 aliphatic rings. The molecule has 7 nitrogen and oxygen atoms in total. The molecule has 0 spiro atoms. The van der Waals surface area contributed by atoms with Crippen LogP contribution in [0.1, 0.15) is 16.8 Å². The van der Waals surface area contributed by atoms with Gasteiger partial charge in [-0.3, -0.25) is 9.69 Å². The summed E-state index contributed by atoms with van der Waals surface area (Å²) in [5, 5.41) is 16.0. The van der Waals surface area contributed by atoms with Crippen molar-refractivity contribution >= 4 is 11.6 Å². The fourth-order valence-corrected chi connectivity index (χ4v) is 4.57. The molecule has 1 aromatic rings. The summed E-state index contributed by atoms with van der Waals surface area (Å²) in [4.78, 5) is 18.0. The minimum atomic E-state index is -4.96. The Morgan fingerprint density at radius 1 is 1.10 bits per heavy atom. The number of alkyl halides is 6. The van der Waals surface area contributed by atoms with Crippen LogP contribution in [-0.4, -0.2) is 79.3 Å². The first kappa shape index (κ1) is 28.6. The number of piperazine rings is 1. The molecule has 0 aromatic heterocycles. The van der Waals surface area contributed by atoms with E-state index in [0.717, 1.165) is 17.9 Å². The van der Waals surface area contributed by atoms with Gasteiger partial charge in [0.05, 0.1) is 11.5 Å². The fraction of sp³-hybridized carbons (Fsp3) is 0.423. The van der Waals surface area contributed by atoms with Crippen molar-refractivity contribution in [2.45, 2.75) is 25.1 Å². The minimum absolute atomic E-state index is 0.161. The third kappa shape index (κ3) is 6.95. The Morgan fingerprint density at radius 2 is 1.77 bits per heavy atom. The summed E-state index contributed by atoms with van der Waals surface area (Å²) in [7, 11) is 1.92. The Labute approximate surface area is 221 Å². The SMILES string of the molecule is CN(C1=CCNC=C1)c1ccc(C(=O)N2CCN(C(O)NC3=CC(C(F)(F)F)=CC(C(F)(F)F)C3)CC2)cc1. The number of dihydropyridines is 1. The van der Waals surface area contributed by atoms with Crippen LogP contribution in [0.3, 0.4) is 0 Å². The molecule has 1 aromatic carbocycles. The molecule has 212 valence electrons. The molecule has 13 heteroatoms. The molecule has 0 saturated carbocycles. The zero-order valence-corrected chi connectivity index (χ0v) is 21.1. The van der Waals surface area contributed by atoms with Gasteiger partial charge in [-0.2, -0.15) is 26.3 Å². The van der Waals surface area contributed by atoms with Crippen LogP contribution in [-0.2, 0) is 0 Å². The van der Waals surface area contributed by atoms with Crippen molar-refractivity contribution in [3.8, 4) is 0 Å². The number of halogens is 6. The van der Waals surface area contributed by atoms with E-state index in [1.54, 1.807) is 17.0 Å². The molecule has 1 saturated heterocycles. The maximum Gasteiger partial charge on any atom is 0.416 e. The number of amides is 1. The lowest BCUT2D eigenvalue weighted by Crippen LogP contribution is -2.55. The molecule has 1 fully saturated rings. The Balaban J connectivity index is 1.33. The van der Waals surface area contributed by atoms with Crippen LogP contribution in [0.15, 0.2) is 71.7 Å². The Bertz CT molecular complexity index is 1160. The maximum atomic E-state index is 13.2. The zero-order valence-electron chi connectivity index (χ0n) is 21.1. The predicted molar refractivity (Wildman–Crippen MR) is 133 cm³/mol. The molecule has 0 bridgehead atoms. The van der Waals surface area contributed by atoms with Crippen LogP contribution in [0.2, 0.25) is 0 Å². The lowest BCUT2D eigenvalue weighted by molar-refractivity contribution is -0.163. The largest absolute Gasteiger partial charge is 0.416 e. The average molecular weight is 558 g/mol. The van der Waals surface area contributed by atoms with Crippen LogP contribution >= 0.6 is 0 Å². The number of aliphatic hydroxyl groups is 1. The van der Waals surface area contributed by atoms with Crippen molar-refractivity contribution in [3.63, 3.8) is 0 Å². The first-order valence-electron chi connectivity index (χ1n) is 12.3. The second-order valence-corrected chi connectivity index (χ2v) is 9.46. The van der Waals surface area contributed by atoms with Crippen LogP contribution in [0.25, 0.3) is 0 Å². The number of aliphatic hydroxyl groups excluding tert-OH is 1. The Morgan fingerprint density at radius 3 is 2.33 bits per heavy atom. The first-order valence-corrected chi connectivity index (χ1v) is 12.3. The van der Waals surface area contributed by atoms with Gasteiger partial charge in [0.15, 0.2) is 6.35 Å². The summed E-state index contributed by atoms with van der Waals surface area (Å²) < 4.78 is 79.0. The van der Waals surface area contributed by atoms with Gasteiger partial charge in [-0.25, -0.2) is 0 Å². The third-order valence-corrected chi connectivity index (χ3v) is 6.85. The van der Waals surface area contributed by atoms with Gasteiger partial charge < -0.3 is 25.5 Å².